The van der Waals surface area contributed by atoms with Crippen molar-refractivity contribution in [3.8, 4) is 17.2 Å². The fourth-order valence-corrected chi connectivity index (χ4v) is 3.46. The second-order valence-electron chi connectivity index (χ2n) is 6.66. The highest BCUT2D eigenvalue weighted by Crippen LogP contribution is 2.34. The zero-order chi connectivity index (χ0) is 16.4. The van der Waals surface area contributed by atoms with E-state index in [0.29, 0.717) is 6.79 Å². The van der Waals surface area contributed by atoms with Crippen LogP contribution in [-0.2, 0) is 6.42 Å². The van der Waals surface area contributed by atoms with Crippen molar-refractivity contribution >= 4 is 0 Å². The molecule has 0 atom stereocenters. The van der Waals surface area contributed by atoms with Gasteiger partial charge in [-0.25, -0.2) is 0 Å². The van der Waals surface area contributed by atoms with Crippen molar-refractivity contribution in [2.75, 3.05) is 46.6 Å². The third-order valence-corrected chi connectivity index (χ3v) is 4.97. The average molecular weight is 327 g/mol. The number of piperazine rings is 1. The molecule has 3 heterocycles. The maximum Gasteiger partial charge on any atom is 0.231 e. The number of nitrogens with zero attached hydrogens (tertiary/aromatic N) is 3. The van der Waals surface area contributed by atoms with Crippen LogP contribution >= 0.6 is 0 Å². The van der Waals surface area contributed by atoms with E-state index >= 15 is 0 Å². The van der Waals surface area contributed by atoms with Crippen molar-refractivity contribution < 1.29 is 9.47 Å². The molecule has 5 nitrogen and oxygen atoms in total. The van der Waals surface area contributed by atoms with Gasteiger partial charge in [0.25, 0.3) is 0 Å². The number of likely N-dealkylation sites (N-methyl/N-ethyl adjacent to an activating group) is 1. The number of hydrogen-bond acceptors (Lipinski definition) is 4. The van der Waals surface area contributed by atoms with Crippen molar-refractivity contribution in [2.24, 2.45) is 0 Å². The first kappa shape index (κ1) is 15.5. The predicted octanol–water partition coefficient (Wildman–Crippen LogP) is 2.39. The van der Waals surface area contributed by atoms with Gasteiger partial charge in [-0.3, -0.25) is 0 Å². The molecule has 0 amide bonds. The van der Waals surface area contributed by atoms with Gasteiger partial charge in [0.15, 0.2) is 11.5 Å². The molecule has 0 unspecified atom stereocenters. The molecule has 0 bridgehead atoms. The van der Waals surface area contributed by atoms with Crippen molar-refractivity contribution in [1.29, 1.82) is 0 Å². The van der Waals surface area contributed by atoms with Gasteiger partial charge in [0.2, 0.25) is 6.79 Å². The Morgan fingerprint density at radius 3 is 2.71 bits per heavy atom. The molecule has 0 N–H and O–H groups in total. The van der Waals surface area contributed by atoms with E-state index in [1.54, 1.807) is 0 Å². The SMILES string of the molecule is CN1CCN(CCCc2cccn2-c2ccc3c(c2)OCO3)CC1. The first-order chi connectivity index (χ1) is 11.8. The van der Waals surface area contributed by atoms with Crippen LogP contribution in [0.3, 0.4) is 0 Å². The molecule has 0 saturated carbocycles. The topological polar surface area (TPSA) is 29.9 Å². The monoisotopic (exact) mass is 327 g/mol. The van der Waals surface area contributed by atoms with Gasteiger partial charge in [-0.2, -0.15) is 0 Å². The molecule has 4 rings (SSSR count). The summed E-state index contributed by atoms with van der Waals surface area (Å²) in [5.74, 6) is 1.67. The minimum Gasteiger partial charge on any atom is -0.454 e. The molecule has 0 aliphatic carbocycles. The van der Waals surface area contributed by atoms with Gasteiger partial charge in [-0.05, 0) is 50.7 Å². The lowest BCUT2D eigenvalue weighted by molar-refractivity contribution is 0.153. The summed E-state index contributed by atoms with van der Waals surface area (Å²) in [6.45, 7) is 6.27. The Bertz CT molecular complexity index is 690. The molecular formula is C19H25N3O2. The predicted molar refractivity (Wildman–Crippen MR) is 94.2 cm³/mol. The molecule has 0 radical (unpaired) electrons. The van der Waals surface area contributed by atoms with Gasteiger partial charge in [0.1, 0.15) is 0 Å². The molecule has 1 saturated heterocycles. The Morgan fingerprint density at radius 2 is 1.83 bits per heavy atom. The summed E-state index contributed by atoms with van der Waals surface area (Å²) in [5.41, 5.74) is 2.49. The van der Waals surface area contributed by atoms with Crippen LogP contribution in [0.2, 0.25) is 0 Å². The molecule has 1 aromatic heterocycles. The van der Waals surface area contributed by atoms with E-state index in [-0.39, 0.29) is 0 Å². The fourth-order valence-electron chi connectivity index (χ4n) is 3.46. The third-order valence-electron chi connectivity index (χ3n) is 4.97. The highest BCUT2D eigenvalue weighted by Gasteiger charge is 2.15. The lowest BCUT2D eigenvalue weighted by Crippen LogP contribution is -2.44. The second kappa shape index (κ2) is 6.87. The van der Waals surface area contributed by atoms with Gasteiger partial charge in [-0.1, -0.05) is 0 Å². The molecule has 1 aromatic carbocycles. The van der Waals surface area contributed by atoms with E-state index in [2.05, 4.69) is 51.9 Å². The smallest absolute Gasteiger partial charge is 0.231 e. The van der Waals surface area contributed by atoms with Crippen LogP contribution in [0, 0.1) is 0 Å². The van der Waals surface area contributed by atoms with E-state index in [1.807, 2.05) is 6.07 Å². The van der Waals surface area contributed by atoms with Crippen molar-refractivity contribution in [1.82, 2.24) is 14.4 Å². The number of aryl methyl sites for hydroxylation is 1. The Hall–Kier alpha value is -1.98. The van der Waals surface area contributed by atoms with Crippen LogP contribution in [0.1, 0.15) is 12.1 Å². The number of ether oxygens (including phenoxy) is 2. The molecule has 24 heavy (non-hydrogen) atoms. The summed E-state index contributed by atoms with van der Waals surface area (Å²) in [5, 5.41) is 0. The molecule has 128 valence electrons. The lowest BCUT2D eigenvalue weighted by atomic mass is 10.2. The summed E-state index contributed by atoms with van der Waals surface area (Å²) in [6.07, 6.45) is 4.41. The first-order valence-electron chi connectivity index (χ1n) is 8.77. The van der Waals surface area contributed by atoms with E-state index < -0.39 is 0 Å². The quantitative estimate of drug-likeness (QED) is 0.843. The Kier molecular flexibility index (Phi) is 4.45. The average Bonchev–Trinajstić information content (AvgIpc) is 3.24. The second-order valence-corrected chi connectivity index (χ2v) is 6.66. The molecule has 1 fully saturated rings. The molecule has 2 aliphatic heterocycles. The molecular weight excluding hydrogens is 302 g/mol. The molecule has 5 heteroatoms. The minimum absolute atomic E-state index is 0.322. The summed E-state index contributed by atoms with van der Waals surface area (Å²) in [6, 6.07) is 10.5. The van der Waals surface area contributed by atoms with E-state index in [4.69, 9.17) is 9.47 Å². The summed E-state index contributed by atoms with van der Waals surface area (Å²) in [7, 11) is 2.20. The Balaban J connectivity index is 1.38. The zero-order valence-corrected chi connectivity index (χ0v) is 14.3. The summed E-state index contributed by atoms with van der Waals surface area (Å²) >= 11 is 0. The molecule has 0 spiro atoms. The first-order valence-corrected chi connectivity index (χ1v) is 8.77. The van der Waals surface area contributed by atoms with Crippen LogP contribution in [0.15, 0.2) is 36.5 Å². The standard InChI is InChI=1S/C19H25N3O2/c1-20-10-12-21(13-11-20)8-2-4-16-5-3-9-22(16)17-6-7-18-19(14-17)24-15-23-18/h3,5-7,9,14H,2,4,8,10-13,15H2,1H3. The maximum absolute atomic E-state index is 5.50. The van der Waals surface area contributed by atoms with Gasteiger partial charge in [0, 0.05) is 49.8 Å². The van der Waals surface area contributed by atoms with Crippen LogP contribution in [0.4, 0.5) is 0 Å². The summed E-state index contributed by atoms with van der Waals surface area (Å²) < 4.78 is 13.2. The summed E-state index contributed by atoms with van der Waals surface area (Å²) in [4.78, 5) is 4.98. The third kappa shape index (κ3) is 3.28. The lowest BCUT2D eigenvalue weighted by Gasteiger charge is -2.32. The fraction of sp³-hybridized carbons (Fsp3) is 0.474. The van der Waals surface area contributed by atoms with Gasteiger partial charge < -0.3 is 23.8 Å². The van der Waals surface area contributed by atoms with Crippen molar-refractivity contribution in [3.05, 3.63) is 42.2 Å². The van der Waals surface area contributed by atoms with E-state index in [1.165, 1.54) is 44.8 Å². The van der Waals surface area contributed by atoms with Crippen LogP contribution in [-0.4, -0.2) is 60.9 Å². The number of fused-ring (bicyclic) bond motifs is 1. The number of benzene rings is 1. The normalized spacial score (nSPS) is 18.2. The minimum atomic E-state index is 0.322. The van der Waals surface area contributed by atoms with Gasteiger partial charge >= 0.3 is 0 Å². The Morgan fingerprint density at radius 1 is 1.00 bits per heavy atom. The highest BCUT2D eigenvalue weighted by atomic mass is 16.7. The largest absolute Gasteiger partial charge is 0.454 e. The zero-order valence-electron chi connectivity index (χ0n) is 14.3. The molecule has 2 aliphatic rings. The highest BCUT2D eigenvalue weighted by molar-refractivity contribution is 5.50. The number of aromatic nitrogens is 1. The van der Waals surface area contributed by atoms with Crippen molar-refractivity contribution in [2.45, 2.75) is 12.8 Å². The van der Waals surface area contributed by atoms with Gasteiger partial charge in [-0.15, -0.1) is 0 Å². The number of hydrogen-bond donors (Lipinski definition) is 0. The van der Waals surface area contributed by atoms with Crippen molar-refractivity contribution in [3.63, 3.8) is 0 Å². The van der Waals surface area contributed by atoms with Gasteiger partial charge in [0.05, 0.1) is 0 Å². The Labute approximate surface area is 143 Å². The van der Waals surface area contributed by atoms with E-state index in [9.17, 15) is 0 Å². The van der Waals surface area contributed by atoms with Crippen LogP contribution < -0.4 is 9.47 Å². The number of rotatable bonds is 5. The molecule has 2 aromatic rings. The van der Waals surface area contributed by atoms with Crippen LogP contribution in [0.25, 0.3) is 5.69 Å². The maximum atomic E-state index is 5.50. The van der Waals surface area contributed by atoms with E-state index in [0.717, 1.165) is 23.6 Å². The van der Waals surface area contributed by atoms with Crippen LogP contribution in [0.5, 0.6) is 11.5 Å².